The average molecular weight is 541 g/mol. The van der Waals surface area contributed by atoms with Crippen molar-refractivity contribution in [2.45, 2.75) is 61.3 Å². The number of hydrogen-bond donors (Lipinski definition) is 2. The van der Waals surface area contributed by atoms with E-state index in [0.29, 0.717) is 37.2 Å². The van der Waals surface area contributed by atoms with Crippen molar-refractivity contribution in [2.75, 3.05) is 6.61 Å². The largest absolute Gasteiger partial charge is 0.416 e. The molecular weight excluding hydrogens is 516 g/mol. The molecule has 3 aromatic rings. The summed E-state index contributed by atoms with van der Waals surface area (Å²) in [5.74, 6) is 0.550. The highest BCUT2D eigenvalue weighted by molar-refractivity contribution is 5.36. The quantitative estimate of drug-likeness (QED) is 0.447. The van der Waals surface area contributed by atoms with E-state index in [1.807, 2.05) is 30.3 Å². The number of aromatic nitrogens is 4. The summed E-state index contributed by atoms with van der Waals surface area (Å²) in [6.07, 6.45) is -10.6. The molecular formula is C25H25F6N5O2. The predicted molar refractivity (Wildman–Crippen MR) is 122 cm³/mol. The van der Waals surface area contributed by atoms with Crippen LogP contribution in [0, 0.1) is 0 Å². The minimum Gasteiger partial charge on any atom is -0.393 e. The van der Waals surface area contributed by atoms with Gasteiger partial charge in [0.05, 0.1) is 29.4 Å². The highest BCUT2D eigenvalue weighted by Gasteiger charge is 2.56. The Morgan fingerprint density at radius 3 is 2.26 bits per heavy atom. The van der Waals surface area contributed by atoms with Gasteiger partial charge in [0.15, 0.2) is 5.82 Å². The Kier molecular flexibility index (Phi) is 6.72. The fraction of sp³-hybridized carbons (Fsp3) is 0.480. The lowest BCUT2D eigenvalue weighted by Crippen LogP contribution is -2.55. The van der Waals surface area contributed by atoms with Crippen LogP contribution in [-0.2, 0) is 29.7 Å². The average Bonchev–Trinajstić information content (AvgIpc) is 3.44. The Morgan fingerprint density at radius 2 is 1.71 bits per heavy atom. The third-order valence-electron chi connectivity index (χ3n) is 7.51. The third kappa shape index (κ3) is 4.78. The van der Waals surface area contributed by atoms with Crippen molar-refractivity contribution < 1.29 is 36.2 Å². The maximum Gasteiger partial charge on any atom is 0.416 e. The van der Waals surface area contributed by atoms with Gasteiger partial charge in [-0.1, -0.05) is 30.3 Å². The van der Waals surface area contributed by atoms with Crippen LogP contribution in [0.25, 0.3) is 0 Å². The number of hydrogen-bond acceptors (Lipinski definition) is 6. The predicted octanol–water partition coefficient (Wildman–Crippen LogP) is 4.50. The summed E-state index contributed by atoms with van der Waals surface area (Å²) in [5.41, 5.74) is -3.29. The van der Waals surface area contributed by atoms with Gasteiger partial charge < -0.3 is 15.2 Å². The summed E-state index contributed by atoms with van der Waals surface area (Å²) < 4.78 is 88.7. The highest BCUT2D eigenvalue weighted by atomic mass is 19.4. The van der Waals surface area contributed by atoms with Crippen LogP contribution in [-0.4, -0.2) is 44.1 Å². The summed E-state index contributed by atoms with van der Waals surface area (Å²) in [7, 11) is 1.73. The molecule has 5 atom stereocenters. The van der Waals surface area contributed by atoms with Crippen molar-refractivity contribution in [3.63, 3.8) is 0 Å². The molecule has 3 heterocycles. The van der Waals surface area contributed by atoms with Crippen LogP contribution in [0.2, 0.25) is 0 Å². The molecule has 0 radical (unpaired) electrons. The van der Waals surface area contributed by atoms with Gasteiger partial charge in [0.25, 0.3) is 0 Å². The van der Waals surface area contributed by atoms with E-state index < -0.39 is 53.4 Å². The van der Waals surface area contributed by atoms with Crippen LogP contribution in [0.15, 0.2) is 48.5 Å². The van der Waals surface area contributed by atoms with Gasteiger partial charge in [0, 0.05) is 19.0 Å². The number of aryl methyl sites for hydroxylation is 1. The molecule has 0 amide bonds. The number of nitrogens with zero attached hydrogens (tertiary/aromatic N) is 4. The van der Waals surface area contributed by atoms with E-state index in [1.165, 1.54) is 0 Å². The van der Waals surface area contributed by atoms with Crippen molar-refractivity contribution in [2.24, 2.45) is 7.05 Å². The van der Waals surface area contributed by atoms with Gasteiger partial charge in [-0.05, 0) is 59.0 Å². The Labute approximate surface area is 213 Å². The van der Waals surface area contributed by atoms with Gasteiger partial charge in [0.1, 0.15) is 6.10 Å². The minimum atomic E-state index is -5.01. The first kappa shape index (κ1) is 26.6. The second kappa shape index (κ2) is 9.62. The molecule has 2 aliphatic rings. The number of piperidine rings is 1. The summed E-state index contributed by atoms with van der Waals surface area (Å²) in [4.78, 5) is 0. The van der Waals surface area contributed by atoms with Crippen molar-refractivity contribution in [1.29, 1.82) is 0 Å². The van der Waals surface area contributed by atoms with Crippen LogP contribution in [0.1, 0.15) is 59.4 Å². The molecule has 7 nitrogen and oxygen atoms in total. The number of fused-ring (bicyclic) bond motifs is 2. The first-order valence-corrected chi connectivity index (χ1v) is 12.0. The molecule has 5 rings (SSSR count). The summed E-state index contributed by atoms with van der Waals surface area (Å²) in [5, 5.41) is 25.6. The van der Waals surface area contributed by atoms with Crippen LogP contribution in [0.3, 0.4) is 0 Å². The van der Waals surface area contributed by atoms with Gasteiger partial charge in [-0.25, -0.2) is 4.68 Å². The van der Waals surface area contributed by atoms with E-state index in [1.54, 1.807) is 11.7 Å². The molecule has 2 fully saturated rings. The SMILES string of the molecule is Cn1nnnc1C1C[C@]2(c3ccccc3)N[C@H]1CC[C@H]2O[C@@H](CO)c1cc(C(F)(F)F)cc(C(F)(F)F)c1. The Hall–Kier alpha value is -3.03. The van der Waals surface area contributed by atoms with Gasteiger partial charge in [-0.3, -0.25) is 0 Å². The smallest absolute Gasteiger partial charge is 0.393 e. The fourth-order valence-corrected chi connectivity index (χ4v) is 5.77. The zero-order valence-corrected chi connectivity index (χ0v) is 20.2. The van der Waals surface area contributed by atoms with Gasteiger partial charge in [0.2, 0.25) is 0 Å². The third-order valence-corrected chi connectivity index (χ3v) is 7.51. The number of ether oxygens (including phenoxy) is 1. The van der Waals surface area contributed by atoms with Crippen LogP contribution in [0.5, 0.6) is 0 Å². The molecule has 0 saturated carbocycles. The van der Waals surface area contributed by atoms with Gasteiger partial charge in [-0.15, -0.1) is 5.10 Å². The molecule has 38 heavy (non-hydrogen) atoms. The maximum absolute atomic E-state index is 13.5. The van der Waals surface area contributed by atoms with Crippen molar-refractivity contribution >= 4 is 0 Å². The molecule has 2 saturated heterocycles. The normalized spacial score (nSPS) is 26.5. The maximum atomic E-state index is 13.5. The van der Waals surface area contributed by atoms with Crippen molar-refractivity contribution in [3.05, 3.63) is 76.6 Å². The van der Waals surface area contributed by atoms with Gasteiger partial charge >= 0.3 is 12.4 Å². The molecule has 2 N–H and O–H groups in total. The van der Waals surface area contributed by atoms with Gasteiger partial charge in [-0.2, -0.15) is 26.3 Å². The van der Waals surface area contributed by atoms with E-state index in [-0.39, 0.29) is 18.0 Å². The molecule has 0 aliphatic carbocycles. The van der Waals surface area contributed by atoms with Crippen LogP contribution >= 0.6 is 0 Å². The van der Waals surface area contributed by atoms with E-state index >= 15 is 0 Å². The standard InChI is InChI=1S/C25H25F6N5O2/c1-36-22(33-34-35-36)18-12-23(15-5-3-2-4-6-15)21(8-7-19(18)32-23)38-20(13-37)14-9-16(24(26,27)28)11-17(10-14)25(29,30)31/h2-6,9-11,18-21,32,37H,7-8,12-13H2,1H3/t18?,19-,20-,21+,23+/m0/s1. The molecule has 204 valence electrons. The molecule has 1 unspecified atom stereocenters. The molecule has 0 spiro atoms. The second-order valence-corrected chi connectivity index (χ2v) is 9.77. The molecule has 2 aliphatic heterocycles. The van der Waals surface area contributed by atoms with Crippen LogP contribution in [0.4, 0.5) is 26.3 Å². The topological polar surface area (TPSA) is 85.1 Å². The van der Waals surface area contributed by atoms with Crippen molar-refractivity contribution in [1.82, 2.24) is 25.5 Å². The summed E-state index contributed by atoms with van der Waals surface area (Å²) >= 11 is 0. The molecule has 1 aromatic heterocycles. The van der Waals surface area contributed by atoms with E-state index in [2.05, 4.69) is 20.8 Å². The number of aliphatic hydroxyl groups excluding tert-OH is 1. The first-order valence-electron chi connectivity index (χ1n) is 12.0. The number of benzene rings is 2. The lowest BCUT2D eigenvalue weighted by molar-refractivity contribution is -0.143. The second-order valence-electron chi connectivity index (χ2n) is 9.77. The number of alkyl halides is 6. The Balaban J connectivity index is 1.53. The number of rotatable bonds is 6. The van der Waals surface area contributed by atoms with Crippen LogP contribution < -0.4 is 5.32 Å². The minimum absolute atomic E-state index is 0.0299. The molecule has 2 bridgehead atoms. The van der Waals surface area contributed by atoms with Crippen molar-refractivity contribution in [3.8, 4) is 0 Å². The number of nitrogens with one attached hydrogen (secondary N) is 1. The number of halogens is 6. The molecule has 2 aromatic carbocycles. The fourth-order valence-electron chi connectivity index (χ4n) is 5.77. The summed E-state index contributed by atoms with van der Waals surface area (Å²) in [6.45, 7) is -0.806. The Morgan fingerprint density at radius 1 is 1.05 bits per heavy atom. The zero-order chi connectivity index (χ0) is 27.3. The first-order chi connectivity index (χ1) is 17.9. The number of tetrazole rings is 1. The lowest BCUT2D eigenvalue weighted by Gasteiger charge is -2.43. The van der Waals surface area contributed by atoms with E-state index in [0.717, 1.165) is 5.56 Å². The van der Waals surface area contributed by atoms with E-state index in [9.17, 15) is 31.4 Å². The molecule has 13 heteroatoms. The lowest BCUT2D eigenvalue weighted by atomic mass is 9.79. The zero-order valence-electron chi connectivity index (χ0n) is 20.2. The van der Waals surface area contributed by atoms with E-state index in [4.69, 9.17) is 4.74 Å². The summed E-state index contributed by atoms with van der Waals surface area (Å²) in [6, 6.07) is 10.6. The monoisotopic (exact) mass is 541 g/mol. The number of aliphatic hydroxyl groups is 1. The highest BCUT2D eigenvalue weighted by Crippen LogP contribution is 2.51. The Bertz CT molecular complexity index is 1250.